The van der Waals surface area contributed by atoms with E-state index in [4.69, 9.17) is 15.0 Å². The minimum absolute atomic E-state index is 0.0167. The zero-order chi connectivity index (χ0) is 43.7. The molecular weight excluding hydrogens is 801 g/mol. The first kappa shape index (κ1) is 38.1. The van der Waals surface area contributed by atoms with Gasteiger partial charge in [0.1, 0.15) is 0 Å². The molecule has 0 amide bonds. The van der Waals surface area contributed by atoms with Crippen LogP contribution in [0.5, 0.6) is 0 Å². The second-order valence-electron chi connectivity index (χ2n) is 20.4. The van der Waals surface area contributed by atoms with Gasteiger partial charge in [-0.2, -0.15) is 0 Å². The fourth-order valence-electron chi connectivity index (χ4n) is 14.1. The third-order valence-electron chi connectivity index (χ3n) is 16.7. The number of fused-ring (bicyclic) bond motifs is 7. The Morgan fingerprint density at radius 2 is 0.985 bits per heavy atom. The first-order chi connectivity index (χ1) is 32.4. The molecule has 0 radical (unpaired) electrons. The first-order valence-corrected chi connectivity index (χ1v) is 24.1. The maximum Gasteiger partial charge on any atom is 0.164 e. The van der Waals surface area contributed by atoms with Crippen molar-refractivity contribution in [2.24, 2.45) is 23.7 Å². The number of hydrogen-bond donors (Lipinski definition) is 0. The molecule has 0 N–H and O–H groups in total. The van der Waals surface area contributed by atoms with E-state index in [9.17, 15) is 0 Å². The van der Waals surface area contributed by atoms with Crippen molar-refractivity contribution in [2.75, 3.05) is 0 Å². The highest BCUT2D eigenvalue weighted by Gasteiger charge is 2.62. The largest absolute Gasteiger partial charge is 0.309 e. The Hall–Kier alpha value is -7.17. The summed E-state index contributed by atoms with van der Waals surface area (Å²) in [6.07, 6.45) is 6.81. The average Bonchev–Trinajstić information content (AvgIpc) is 3.71. The molecular formula is C62H50N4. The molecule has 66 heavy (non-hydrogen) atoms. The van der Waals surface area contributed by atoms with Crippen molar-refractivity contribution in [3.8, 4) is 51.0 Å². The van der Waals surface area contributed by atoms with Gasteiger partial charge in [-0.05, 0) is 136 Å². The number of para-hydroxylation sites is 1. The Balaban J connectivity index is 0.881. The molecule has 4 bridgehead atoms. The zero-order valence-electron chi connectivity index (χ0n) is 37.5. The van der Waals surface area contributed by atoms with E-state index < -0.39 is 0 Å². The molecule has 4 saturated carbocycles. The van der Waals surface area contributed by atoms with E-state index in [0.717, 1.165) is 51.2 Å². The third kappa shape index (κ3) is 5.48. The van der Waals surface area contributed by atoms with Crippen molar-refractivity contribution in [1.82, 2.24) is 19.5 Å². The van der Waals surface area contributed by atoms with Gasteiger partial charge in [0.2, 0.25) is 0 Å². The lowest BCUT2D eigenvalue weighted by molar-refractivity contribution is -0.0443. The number of aromatic nitrogens is 4. The smallest absolute Gasteiger partial charge is 0.164 e. The van der Waals surface area contributed by atoms with Gasteiger partial charge in [0.05, 0.1) is 11.0 Å². The van der Waals surface area contributed by atoms with Gasteiger partial charge in [-0.3, -0.25) is 0 Å². The van der Waals surface area contributed by atoms with Crippen molar-refractivity contribution in [3.63, 3.8) is 0 Å². The van der Waals surface area contributed by atoms with Crippen molar-refractivity contribution in [1.29, 1.82) is 0 Å². The molecule has 10 aromatic rings. The monoisotopic (exact) mass is 850 g/mol. The fourth-order valence-corrected chi connectivity index (χ4v) is 14.1. The number of nitrogens with zero attached hydrogens (tertiary/aromatic N) is 4. The highest BCUT2D eigenvalue weighted by Crippen LogP contribution is 2.68. The number of rotatable bonds is 5. The summed E-state index contributed by atoms with van der Waals surface area (Å²) < 4.78 is 2.40. The Bertz CT molecular complexity index is 3550. The van der Waals surface area contributed by atoms with Crippen molar-refractivity contribution in [3.05, 3.63) is 204 Å². The van der Waals surface area contributed by atoms with Crippen LogP contribution in [0.3, 0.4) is 0 Å². The molecule has 2 aromatic heterocycles. The number of benzene rings is 8. The van der Waals surface area contributed by atoms with Gasteiger partial charge in [-0.25, -0.2) is 15.0 Å². The van der Waals surface area contributed by atoms with Gasteiger partial charge in [0.15, 0.2) is 17.5 Å². The van der Waals surface area contributed by atoms with Crippen LogP contribution in [0.25, 0.3) is 83.6 Å². The van der Waals surface area contributed by atoms with E-state index in [2.05, 4.69) is 200 Å². The Kier molecular flexibility index (Phi) is 8.18. The van der Waals surface area contributed by atoms with Crippen LogP contribution in [0.2, 0.25) is 0 Å². The predicted molar refractivity (Wildman–Crippen MR) is 270 cm³/mol. The van der Waals surface area contributed by atoms with Crippen LogP contribution in [-0.4, -0.2) is 19.5 Å². The SMILES string of the molecule is CC1(C)c2ccccc2C2(c3cc(-c4nc(-c5ccccc5)nc(-c5cccc(-c6ccc(-n7c8ccccc8c8c9ccccc9ccc87)cc6)c5)n4)ccc31)C1CC3CC(C1)CC2C3. The predicted octanol–water partition coefficient (Wildman–Crippen LogP) is 15.2. The normalized spacial score (nSPS) is 22.3. The van der Waals surface area contributed by atoms with E-state index in [1.165, 1.54) is 81.4 Å². The van der Waals surface area contributed by atoms with Gasteiger partial charge in [0, 0.05) is 44.0 Å². The summed E-state index contributed by atoms with van der Waals surface area (Å²) in [5.41, 5.74) is 14.9. The zero-order valence-corrected chi connectivity index (χ0v) is 37.5. The molecule has 0 saturated heterocycles. The molecule has 0 unspecified atom stereocenters. The maximum absolute atomic E-state index is 5.39. The summed E-state index contributed by atoms with van der Waals surface area (Å²) in [5, 5.41) is 5.10. The van der Waals surface area contributed by atoms with Gasteiger partial charge in [-0.15, -0.1) is 0 Å². The summed E-state index contributed by atoms with van der Waals surface area (Å²) in [7, 11) is 0. The van der Waals surface area contributed by atoms with Gasteiger partial charge < -0.3 is 4.57 Å². The molecule has 8 aromatic carbocycles. The first-order valence-electron chi connectivity index (χ1n) is 24.1. The van der Waals surface area contributed by atoms with Crippen LogP contribution >= 0.6 is 0 Å². The van der Waals surface area contributed by atoms with Crippen LogP contribution in [-0.2, 0) is 10.8 Å². The lowest BCUT2D eigenvalue weighted by Crippen LogP contribution is -2.58. The Morgan fingerprint density at radius 3 is 1.74 bits per heavy atom. The highest BCUT2D eigenvalue weighted by molar-refractivity contribution is 6.21. The molecule has 4 fully saturated rings. The summed E-state index contributed by atoms with van der Waals surface area (Å²) in [5.74, 6) is 5.17. The quantitative estimate of drug-likeness (QED) is 0.173. The van der Waals surface area contributed by atoms with Crippen LogP contribution in [0, 0.1) is 23.7 Å². The van der Waals surface area contributed by atoms with E-state index in [1.54, 1.807) is 5.56 Å². The van der Waals surface area contributed by atoms with Gasteiger partial charge in [0.25, 0.3) is 0 Å². The van der Waals surface area contributed by atoms with E-state index in [0.29, 0.717) is 23.5 Å². The van der Waals surface area contributed by atoms with Crippen LogP contribution in [0.1, 0.15) is 68.2 Å². The maximum atomic E-state index is 5.39. The van der Waals surface area contributed by atoms with Gasteiger partial charge >= 0.3 is 0 Å². The third-order valence-corrected chi connectivity index (χ3v) is 16.7. The second-order valence-corrected chi connectivity index (χ2v) is 20.4. The van der Waals surface area contributed by atoms with Crippen LogP contribution < -0.4 is 0 Å². The molecule has 318 valence electrons. The van der Waals surface area contributed by atoms with Crippen LogP contribution in [0.4, 0.5) is 0 Å². The summed E-state index contributed by atoms with van der Waals surface area (Å²) >= 11 is 0. The lowest BCUT2D eigenvalue weighted by atomic mass is 9.39. The van der Waals surface area contributed by atoms with E-state index in [1.807, 2.05) is 0 Å². The highest BCUT2D eigenvalue weighted by atomic mass is 15.0. The van der Waals surface area contributed by atoms with Crippen molar-refractivity contribution >= 4 is 32.6 Å². The van der Waals surface area contributed by atoms with Crippen LogP contribution in [0.15, 0.2) is 182 Å². The average molecular weight is 851 g/mol. The van der Waals surface area contributed by atoms with Crippen molar-refractivity contribution in [2.45, 2.75) is 56.8 Å². The minimum atomic E-state index is -0.110. The fraction of sp³-hybridized carbons (Fsp3) is 0.210. The van der Waals surface area contributed by atoms with Gasteiger partial charge in [-0.1, -0.05) is 159 Å². The molecule has 2 heterocycles. The van der Waals surface area contributed by atoms with E-state index >= 15 is 0 Å². The molecule has 4 heteroatoms. The Labute approximate surface area is 386 Å². The Morgan fingerprint density at radius 1 is 0.409 bits per heavy atom. The molecule has 1 spiro atoms. The molecule has 5 aliphatic carbocycles. The number of hydrogen-bond acceptors (Lipinski definition) is 3. The standard InChI is InChI=1S/C62H50N4/c1-61(2)51-20-9-10-21-53(51)62(46-32-38-31-39(34-46)35-47(62)33-38)54-37-45(25-29-52(54)61)60-64-58(42-14-4-3-5-15-42)63-59(65-60)44-17-12-16-43(36-44)40-23-27-48(28-24-40)66-55-22-11-8-19-50(55)57-49-18-7-6-13-41(49)26-30-56(57)66/h3-30,36-39,46-47H,31-35H2,1-2H3. The topological polar surface area (TPSA) is 43.6 Å². The molecule has 15 rings (SSSR count). The van der Waals surface area contributed by atoms with Crippen molar-refractivity contribution < 1.29 is 0 Å². The summed E-state index contributed by atoms with van der Waals surface area (Å²) in [6, 6.07) is 66.9. The second kappa shape index (κ2) is 14.2. The summed E-state index contributed by atoms with van der Waals surface area (Å²) in [6.45, 7) is 4.88. The summed E-state index contributed by atoms with van der Waals surface area (Å²) in [4.78, 5) is 15.9. The molecule has 4 nitrogen and oxygen atoms in total. The van der Waals surface area contributed by atoms with E-state index in [-0.39, 0.29) is 10.8 Å². The molecule has 0 aliphatic heterocycles. The molecule has 5 aliphatic rings. The lowest BCUT2D eigenvalue weighted by Gasteiger charge is -2.64. The molecule has 0 atom stereocenters. The minimum Gasteiger partial charge on any atom is -0.309 e.